The number of hydrogen-bond acceptors (Lipinski definition) is 33. The molecule has 7 aromatic carbocycles. The second-order valence-electron chi connectivity index (χ2n) is 31.5. The number of para-hydroxylation sites is 2. The number of fused-ring (bicyclic) bond motifs is 21. The Labute approximate surface area is 810 Å². The van der Waals surface area contributed by atoms with Crippen LogP contribution in [0, 0.1) is 26.6 Å². The average Bonchev–Trinajstić information content (AvgIpc) is 1.59. The lowest BCUT2D eigenvalue weighted by atomic mass is 10.2. The van der Waals surface area contributed by atoms with Crippen LogP contribution in [0.15, 0.2) is 299 Å². The lowest BCUT2D eigenvalue weighted by Gasteiger charge is -2.13. The molecule has 28 rings (SSSR count). The summed E-state index contributed by atoms with van der Waals surface area (Å²) in [6.07, 6.45) is 11.1. The number of halogens is 4. The van der Waals surface area contributed by atoms with E-state index in [0.29, 0.717) is 153 Å². The first kappa shape index (κ1) is 88.3. The molecule has 0 saturated heterocycles. The Morgan fingerprint density at radius 1 is 0.338 bits per heavy atom. The van der Waals surface area contributed by atoms with E-state index in [4.69, 9.17) is 81.9 Å². The predicted molar refractivity (Wildman–Crippen MR) is 530 cm³/mol. The molecule has 40 nitrogen and oxygen atoms in total. The molecule has 0 atom stereocenters. The largest absolute Gasteiger partial charge is 0.496 e. The monoisotopic (exact) mass is 1950 g/mol. The number of rotatable bonds is 10. The number of nitrogens with zero attached hydrogens (tertiary/aromatic N) is 29. The molecule has 44 heteroatoms. The lowest BCUT2D eigenvalue weighted by molar-refractivity contribution is 0.420. The first-order valence-electron chi connectivity index (χ1n) is 43.3. The molecular formula is C98H70Cl3FN32O8. The molecule has 0 saturated carbocycles. The average molecular weight is 1950 g/mol. The van der Waals surface area contributed by atoms with Gasteiger partial charge < -0.3 is 57.3 Å². The Morgan fingerprint density at radius 2 is 0.718 bits per heavy atom. The van der Waals surface area contributed by atoms with Crippen LogP contribution < -0.4 is 26.4 Å². The number of methoxy groups -OCH3 is 1. The van der Waals surface area contributed by atoms with Gasteiger partial charge in [0.2, 0.25) is 64.6 Å². The number of nitrogens with one attached hydrogen (secondary N) is 1. The molecule has 0 amide bonds. The van der Waals surface area contributed by atoms with Gasteiger partial charge in [0, 0.05) is 63.1 Å². The van der Waals surface area contributed by atoms with Crippen molar-refractivity contribution in [1.82, 2.24) is 137 Å². The third-order valence-corrected chi connectivity index (χ3v) is 22.8. The summed E-state index contributed by atoms with van der Waals surface area (Å²) in [5.74, 6) is 12.1. The number of nitrogens with two attached hydrogens (primary N) is 2. The zero-order valence-corrected chi connectivity index (χ0v) is 77.6. The van der Waals surface area contributed by atoms with E-state index in [-0.39, 0.29) is 17.3 Å². The van der Waals surface area contributed by atoms with E-state index in [2.05, 4.69) is 111 Å². The summed E-state index contributed by atoms with van der Waals surface area (Å²) in [6, 6.07) is 67.9. The molecule has 5 N–H and O–H groups in total. The van der Waals surface area contributed by atoms with E-state index in [1.54, 1.807) is 141 Å². The summed E-state index contributed by atoms with van der Waals surface area (Å²) in [6.45, 7) is 5.74. The number of aromatic nitrogens is 28. The molecule has 21 heterocycles. The van der Waals surface area contributed by atoms with Gasteiger partial charge in [0.15, 0.2) is 79.9 Å². The molecule has 0 unspecified atom stereocenters. The van der Waals surface area contributed by atoms with Crippen molar-refractivity contribution in [3.8, 4) is 86.8 Å². The van der Waals surface area contributed by atoms with Gasteiger partial charge in [-0.15, -0.1) is 35.7 Å². The molecular weight excluding hydrogens is 1880 g/mol. The van der Waals surface area contributed by atoms with E-state index >= 15 is 0 Å². The van der Waals surface area contributed by atoms with Crippen molar-refractivity contribution >= 4 is 174 Å². The maximum absolute atomic E-state index is 14.0. The summed E-state index contributed by atoms with van der Waals surface area (Å²) < 4.78 is 68.2. The first-order valence-corrected chi connectivity index (χ1v) is 44.4. The van der Waals surface area contributed by atoms with Crippen molar-refractivity contribution in [3.63, 3.8) is 0 Å². The van der Waals surface area contributed by atoms with Crippen LogP contribution in [0.5, 0.6) is 5.75 Å². The van der Waals surface area contributed by atoms with E-state index in [0.717, 1.165) is 88.6 Å². The van der Waals surface area contributed by atoms with Gasteiger partial charge in [-0.25, -0.2) is 78.7 Å². The van der Waals surface area contributed by atoms with Gasteiger partial charge in [-0.2, -0.15) is 27.1 Å². The van der Waals surface area contributed by atoms with Gasteiger partial charge in [0.05, 0.1) is 94.1 Å². The molecule has 142 heavy (non-hydrogen) atoms. The molecule has 28 aromatic rings. The highest BCUT2D eigenvalue weighted by Gasteiger charge is 2.25. The van der Waals surface area contributed by atoms with Crippen molar-refractivity contribution in [3.05, 3.63) is 307 Å². The topological polar surface area (TPSA) is 470 Å². The second kappa shape index (κ2) is 36.9. The van der Waals surface area contributed by atoms with Crippen LogP contribution in [0.25, 0.3) is 197 Å². The maximum Gasteiger partial charge on any atom is 0.228 e. The van der Waals surface area contributed by atoms with Crippen molar-refractivity contribution in [2.45, 2.75) is 20.8 Å². The second-order valence-corrected chi connectivity index (χ2v) is 32.8. The number of ether oxygens (including phenoxy) is 1. The number of benzene rings is 7. The lowest BCUT2D eigenvalue weighted by Crippen LogP contribution is -2.16. The molecule has 0 aliphatic rings. The summed E-state index contributed by atoms with van der Waals surface area (Å²) in [4.78, 5) is 64.5. The minimum Gasteiger partial charge on any atom is -0.496 e. The molecule has 0 aliphatic carbocycles. The fourth-order valence-electron chi connectivity index (χ4n) is 15.7. The normalized spacial score (nSPS) is 11.4. The third-order valence-electron chi connectivity index (χ3n) is 22.1. The van der Waals surface area contributed by atoms with Crippen LogP contribution >= 0.6 is 34.8 Å². The smallest absolute Gasteiger partial charge is 0.228 e. The first-order chi connectivity index (χ1) is 69.3. The van der Waals surface area contributed by atoms with Crippen molar-refractivity contribution < 1.29 is 40.0 Å². The Hall–Kier alpha value is -19.0. The molecule has 0 radical (unpaired) electrons. The minimum atomic E-state index is -0.418. The quantitative estimate of drug-likeness (QED) is 0.114. The summed E-state index contributed by atoms with van der Waals surface area (Å²) in [7, 11) is 7.22. The molecule has 0 bridgehead atoms. The number of hydrogen-bond donors (Lipinski definition) is 3. The van der Waals surface area contributed by atoms with Crippen LogP contribution in [0.4, 0.5) is 28.2 Å². The fourth-order valence-corrected chi connectivity index (χ4v) is 16.2. The molecule has 698 valence electrons. The van der Waals surface area contributed by atoms with Crippen LogP contribution in [-0.4, -0.2) is 165 Å². The van der Waals surface area contributed by atoms with Gasteiger partial charge in [0.1, 0.15) is 35.3 Å². The molecule has 0 spiro atoms. The standard InChI is InChI=1S/C15H12ClN5O.C15H12N4O.C14H10ClN5O.C14H11N5O2.C14H10N4O.C13H7ClN4O.C13H8FN5O/c1-20(2)15-17-11-6-5-9(16)8-10(11)14-18-13(19-21(14)15)12-4-3-7-22-12;1-9-7-8-13(20-9)14-17-15-11-5-3-4-6-12(11)16-10(2)19(15)18-14;1-16-14-17-10-5-4-8(15)7-9(10)13-18-12(19-20(13)14)11-3-2-6-21-11;1-20-9-5-2-4-8-11(9)13-17-12(10-6-3-7-21-10)18-19(13)14(15)16-8;1-9-15-11-6-3-2-5-10(11)14-16-13(17-18(9)14)12-7-4-8-19-12;14-8-3-4-10-9(6-8)13-16-12(11-2-1-5-19-11)17-18(13)7-15-10;14-7-3-1-4-8-10(7)12-17-11(9-5-2-6-20-9)18-19(12)13(15)16-8/h3-8H,1-2H3;3-8H,1-2H3;2-7H,1H3,(H,16,17);2-7H,1H3,(H2,15,16);2-8H,1H3;1-7H;1-6H,(H2,15,16). The number of aryl methyl sites for hydroxylation is 3. The van der Waals surface area contributed by atoms with E-state index < -0.39 is 5.82 Å². The number of furan rings is 7. The Kier molecular flexibility index (Phi) is 22.9. The van der Waals surface area contributed by atoms with E-state index in [1.807, 2.05) is 191 Å². The summed E-state index contributed by atoms with van der Waals surface area (Å²) in [5.41, 5.74) is 21.8. The molecule has 21 aromatic heterocycles. The number of anilines is 4. The van der Waals surface area contributed by atoms with Crippen molar-refractivity contribution in [2.75, 3.05) is 49.9 Å². The van der Waals surface area contributed by atoms with E-state index in [1.165, 1.54) is 21.4 Å². The fraction of sp³-hybridized carbons (Fsp3) is 0.0714. The zero-order chi connectivity index (χ0) is 97.1. The van der Waals surface area contributed by atoms with Gasteiger partial charge >= 0.3 is 0 Å². The van der Waals surface area contributed by atoms with Gasteiger partial charge in [-0.1, -0.05) is 71.2 Å². The third kappa shape index (κ3) is 16.8. The van der Waals surface area contributed by atoms with Gasteiger partial charge in [0.25, 0.3) is 0 Å². The van der Waals surface area contributed by atoms with Gasteiger partial charge in [-0.3, -0.25) is 0 Å². The van der Waals surface area contributed by atoms with Crippen LogP contribution in [-0.2, 0) is 0 Å². The van der Waals surface area contributed by atoms with E-state index in [9.17, 15) is 4.39 Å². The zero-order valence-electron chi connectivity index (χ0n) is 75.3. The highest BCUT2D eigenvalue weighted by Crippen LogP contribution is 2.36. The summed E-state index contributed by atoms with van der Waals surface area (Å²) >= 11 is 18.2. The van der Waals surface area contributed by atoms with Gasteiger partial charge in [-0.05, 0) is 209 Å². The van der Waals surface area contributed by atoms with Crippen LogP contribution in [0.3, 0.4) is 0 Å². The SMILES string of the molecule is CN(C)c1nc2ccc(Cl)cc2c2nc(-c3ccco3)nn12.CNc1nc2ccc(Cl)cc2c2nc(-c3ccco3)nn12.COc1cccc2nc(N)n3nc(-c4ccco4)nc3c12.Cc1ccc(-c2nc3c4ccccc4nc(C)n3n2)o1.Cc1nc2ccccc2c2nc(-c3ccco3)nn12.Clc1ccc2ncn3nc(-c4ccco4)nc3c2c1.Nc1nc2cccc(F)c2c2nc(-c3ccco3)nn12. The Balaban J connectivity index is 0.0000000950. The highest BCUT2D eigenvalue weighted by molar-refractivity contribution is 6.32. The summed E-state index contributed by atoms with van der Waals surface area (Å²) in [5, 5.41) is 41.3. The van der Waals surface area contributed by atoms with Crippen molar-refractivity contribution in [1.29, 1.82) is 0 Å². The highest BCUT2D eigenvalue weighted by atomic mass is 35.5. The predicted octanol–water partition coefficient (Wildman–Crippen LogP) is 20.1. The maximum atomic E-state index is 14.0. The van der Waals surface area contributed by atoms with Crippen LogP contribution in [0.1, 0.15) is 17.4 Å². The van der Waals surface area contributed by atoms with Crippen molar-refractivity contribution in [2.24, 2.45) is 0 Å². The molecule has 0 aliphatic heterocycles. The Morgan fingerprint density at radius 3 is 1.18 bits per heavy atom. The van der Waals surface area contributed by atoms with Crippen LogP contribution in [0.2, 0.25) is 15.1 Å². The molecule has 0 fully saturated rings. The Bertz CT molecular complexity index is 9550. The minimum absolute atomic E-state index is 0.142. The number of nitrogen functional groups attached to an aromatic ring is 2.